The van der Waals surface area contributed by atoms with Gasteiger partial charge >= 0.3 is 0 Å². The Hall–Kier alpha value is -1.34. The molecule has 4 heteroatoms. The summed E-state index contributed by atoms with van der Waals surface area (Å²) in [5, 5.41) is 13.8. The van der Waals surface area contributed by atoms with Crippen LogP contribution in [0.1, 0.15) is 23.3 Å². The van der Waals surface area contributed by atoms with Gasteiger partial charge in [0.1, 0.15) is 5.41 Å². The summed E-state index contributed by atoms with van der Waals surface area (Å²) in [7, 11) is 0. The average molecular weight is 234 g/mol. The largest absolute Gasteiger partial charge is 0.354 e. The molecule has 1 aromatic rings. The predicted molar refractivity (Wildman–Crippen MR) is 63.0 cm³/mol. The minimum absolute atomic E-state index is 0.0933. The van der Waals surface area contributed by atoms with Gasteiger partial charge in [0, 0.05) is 11.4 Å². The molecule has 84 valence electrons. The Labute approximate surface area is 99.1 Å². The fourth-order valence-corrected chi connectivity index (χ4v) is 2.54. The predicted octanol–water partition coefficient (Wildman–Crippen LogP) is 2.02. The second-order valence-corrected chi connectivity index (χ2v) is 5.23. The highest BCUT2D eigenvalue weighted by molar-refractivity contribution is 7.10. The van der Waals surface area contributed by atoms with E-state index < -0.39 is 5.41 Å². The number of carbonyl (C=O) groups excluding carboxylic acids is 1. The van der Waals surface area contributed by atoms with E-state index in [0.717, 1.165) is 6.42 Å². The van der Waals surface area contributed by atoms with Crippen molar-refractivity contribution in [2.45, 2.75) is 26.2 Å². The van der Waals surface area contributed by atoms with Gasteiger partial charge in [0.15, 0.2) is 0 Å². The number of hydrogen-bond donors (Lipinski definition) is 1. The zero-order valence-electron chi connectivity index (χ0n) is 9.25. The number of rotatable bonds is 4. The molecule has 1 aliphatic carbocycles. The van der Waals surface area contributed by atoms with Crippen LogP contribution in [0.5, 0.6) is 0 Å². The van der Waals surface area contributed by atoms with Crippen molar-refractivity contribution in [2.24, 2.45) is 5.41 Å². The molecule has 0 aliphatic heterocycles. The lowest BCUT2D eigenvalue weighted by Crippen LogP contribution is -2.32. The lowest BCUT2D eigenvalue weighted by Gasteiger charge is -2.07. The molecule has 0 unspecified atom stereocenters. The van der Waals surface area contributed by atoms with E-state index >= 15 is 0 Å². The van der Waals surface area contributed by atoms with Crippen molar-refractivity contribution in [1.29, 1.82) is 5.26 Å². The number of thiophene rings is 1. The van der Waals surface area contributed by atoms with E-state index in [1.54, 1.807) is 11.3 Å². The van der Waals surface area contributed by atoms with E-state index in [9.17, 15) is 4.79 Å². The molecule has 2 rings (SSSR count). The van der Waals surface area contributed by atoms with Crippen molar-refractivity contribution < 1.29 is 4.79 Å². The van der Waals surface area contributed by atoms with Gasteiger partial charge in [-0.3, -0.25) is 4.79 Å². The fraction of sp³-hybridized carbons (Fsp3) is 0.500. The van der Waals surface area contributed by atoms with Gasteiger partial charge in [-0.15, -0.1) is 11.3 Å². The molecule has 0 atom stereocenters. The van der Waals surface area contributed by atoms with Crippen LogP contribution in [-0.4, -0.2) is 12.5 Å². The first-order chi connectivity index (χ1) is 7.68. The second-order valence-electron chi connectivity index (χ2n) is 4.23. The summed E-state index contributed by atoms with van der Waals surface area (Å²) >= 11 is 1.71. The van der Waals surface area contributed by atoms with Crippen LogP contribution < -0.4 is 5.32 Å². The molecule has 0 spiro atoms. The number of nitriles is 1. The first kappa shape index (κ1) is 11.2. The highest BCUT2D eigenvalue weighted by Gasteiger charge is 2.50. The lowest BCUT2D eigenvalue weighted by molar-refractivity contribution is -0.124. The van der Waals surface area contributed by atoms with Gasteiger partial charge in [-0.25, -0.2) is 0 Å². The minimum atomic E-state index is -0.690. The molecular formula is C12H14N2OS. The monoisotopic (exact) mass is 234 g/mol. The van der Waals surface area contributed by atoms with Crippen LogP contribution in [0, 0.1) is 23.7 Å². The topological polar surface area (TPSA) is 52.9 Å². The molecule has 1 aromatic heterocycles. The molecule has 1 amide bonds. The van der Waals surface area contributed by atoms with Gasteiger partial charge in [-0.05, 0) is 43.2 Å². The Balaban J connectivity index is 1.79. The zero-order valence-corrected chi connectivity index (χ0v) is 10.1. The van der Waals surface area contributed by atoms with Gasteiger partial charge < -0.3 is 5.32 Å². The van der Waals surface area contributed by atoms with Crippen molar-refractivity contribution in [1.82, 2.24) is 5.32 Å². The molecule has 1 heterocycles. The number of carbonyl (C=O) groups is 1. The lowest BCUT2D eigenvalue weighted by atomic mass is 10.1. The Bertz CT molecular complexity index is 440. The summed E-state index contributed by atoms with van der Waals surface area (Å²) in [4.78, 5) is 12.9. The van der Waals surface area contributed by atoms with Crippen LogP contribution in [0.2, 0.25) is 0 Å². The summed E-state index contributed by atoms with van der Waals surface area (Å²) in [5.41, 5.74) is 0.588. The summed E-state index contributed by atoms with van der Waals surface area (Å²) in [5.74, 6) is -0.0933. The molecule has 0 aromatic carbocycles. The van der Waals surface area contributed by atoms with Crippen LogP contribution in [-0.2, 0) is 11.2 Å². The third-order valence-corrected chi connectivity index (χ3v) is 4.09. The van der Waals surface area contributed by atoms with Gasteiger partial charge in [0.25, 0.3) is 0 Å². The smallest absolute Gasteiger partial charge is 0.240 e. The average Bonchev–Trinajstić information content (AvgIpc) is 2.99. The summed E-state index contributed by atoms with van der Waals surface area (Å²) in [6.07, 6.45) is 2.29. The Morgan fingerprint density at radius 3 is 2.94 bits per heavy atom. The molecular weight excluding hydrogens is 220 g/mol. The standard InChI is InChI=1S/C12H14N2OS/c1-9-3-7-16-10(9)2-6-14-11(15)12(8-13)4-5-12/h3,7H,2,4-6H2,1H3,(H,14,15). The van der Waals surface area contributed by atoms with Gasteiger partial charge in [-0.1, -0.05) is 0 Å². The van der Waals surface area contributed by atoms with Crippen molar-refractivity contribution in [3.63, 3.8) is 0 Å². The zero-order chi connectivity index (χ0) is 11.6. The van der Waals surface area contributed by atoms with E-state index in [2.05, 4.69) is 29.8 Å². The molecule has 0 radical (unpaired) electrons. The molecule has 3 nitrogen and oxygen atoms in total. The Morgan fingerprint density at radius 1 is 1.69 bits per heavy atom. The van der Waals surface area contributed by atoms with E-state index in [1.165, 1.54) is 10.4 Å². The van der Waals surface area contributed by atoms with E-state index in [4.69, 9.17) is 5.26 Å². The first-order valence-electron chi connectivity index (χ1n) is 5.40. The maximum atomic E-state index is 11.6. The maximum Gasteiger partial charge on any atom is 0.240 e. The van der Waals surface area contributed by atoms with Crippen LogP contribution in [0.15, 0.2) is 11.4 Å². The number of aryl methyl sites for hydroxylation is 1. The molecule has 0 saturated heterocycles. The van der Waals surface area contributed by atoms with Crippen molar-refractivity contribution in [3.8, 4) is 6.07 Å². The third kappa shape index (κ3) is 2.10. The molecule has 16 heavy (non-hydrogen) atoms. The molecule has 0 bridgehead atoms. The summed E-state index contributed by atoms with van der Waals surface area (Å²) in [6, 6.07) is 4.18. The number of nitrogens with one attached hydrogen (secondary N) is 1. The summed E-state index contributed by atoms with van der Waals surface area (Å²) < 4.78 is 0. The quantitative estimate of drug-likeness (QED) is 0.866. The van der Waals surface area contributed by atoms with E-state index in [1.807, 2.05) is 0 Å². The van der Waals surface area contributed by atoms with Crippen LogP contribution in [0.4, 0.5) is 0 Å². The maximum absolute atomic E-state index is 11.6. The van der Waals surface area contributed by atoms with Crippen LogP contribution in [0.25, 0.3) is 0 Å². The normalized spacial score (nSPS) is 16.5. The number of nitrogens with zero attached hydrogens (tertiary/aromatic N) is 1. The highest BCUT2D eigenvalue weighted by atomic mass is 32.1. The molecule has 1 aliphatic rings. The van der Waals surface area contributed by atoms with Crippen LogP contribution >= 0.6 is 11.3 Å². The van der Waals surface area contributed by atoms with Gasteiger partial charge in [-0.2, -0.15) is 5.26 Å². The molecule has 1 saturated carbocycles. The second kappa shape index (κ2) is 4.26. The molecule has 1 N–H and O–H groups in total. The SMILES string of the molecule is Cc1ccsc1CCNC(=O)C1(C#N)CC1. The van der Waals surface area contributed by atoms with Gasteiger partial charge in [0.05, 0.1) is 6.07 Å². The number of hydrogen-bond acceptors (Lipinski definition) is 3. The van der Waals surface area contributed by atoms with Crippen molar-refractivity contribution in [3.05, 3.63) is 21.9 Å². The number of amides is 1. The summed E-state index contributed by atoms with van der Waals surface area (Å²) in [6.45, 7) is 2.70. The van der Waals surface area contributed by atoms with Crippen molar-refractivity contribution >= 4 is 17.2 Å². The van der Waals surface area contributed by atoms with Crippen LogP contribution in [0.3, 0.4) is 0 Å². The minimum Gasteiger partial charge on any atom is -0.354 e. The van der Waals surface area contributed by atoms with E-state index in [-0.39, 0.29) is 5.91 Å². The van der Waals surface area contributed by atoms with Gasteiger partial charge in [0.2, 0.25) is 5.91 Å². The first-order valence-corrected chi connectivity index (χ1v) is 6.28. The Morgan fingerprint density at radius 2 is 2.44 bits per heavy atom. The fourth-order valence-electron chi connectivity index (χ4n) is 1.63. The third-order valence-electron chi connectivity index (χ3n) is 3.00. The highest BCUT2D eigenvalue weighted by Crippen LogP contribution is 2.44. The Kier molecular flexibility index (Phi) is 2.97. The van der Waals surface area contributed by atoms with E-state index in [0.29, 0.717) is 19.4 Å². The molecule has 1 fully saturated rings. The van der Waals surface area contributed by atoms with Crippen molar-refractivity contribution in [2.75, 3.05) is 6.54 Å².